The normalized spacial score (nSPS) is 38.3. The molecule has 1 heterocycles. The molecule has 0 unspecified atom stereocenters. The molecular formula is C14H19N3O2S. The van der Waals surface area contributed by atoms with Gasteiger partial charge in [0, 0.05) is 5.54 Å². The minimum Gasteiger partial charge on any atom is -0.481 e. The Labute approximate surface area is 122 Å². The minimum absolute atomic E-state index is 0.0606. The van der Waals surface area contributed by atoms with Crippen molar-refractivity contribution in [1.82, 2.24) is 14.8 Å². The molecule has 20 heavy (non-hydrogen) atoms. The highest BCUT2D eigenvalue weighted by molar-refractivity contribution is 7.99. The van der Waals surface area contributed by atoms with Crippen molar-refractivity contribution in [2.24, 2.45) is 17.8 Å². The maximum absolute atomic E-state index is 10.8. The number of hydrogen-bond donors (Lipinski definition) is 1. The van der Waals surface area contributed by atoms with Crippen LogP contribution in [0.1, 0.15) is 38.5 Å². The van der Waals surface area contributed by atoms with Crippen LogP contribution in [-0.4, -0.2) is 31.6 Å². The van der Waals surface area contributed by atoms with E-state index in [0.29, 0.717) is 0 Å². The van der Waals surface area contributed by atoms with Crippen molar-refractivity contribution < 1.29 is 9.90 Å². The fourth-order valence-electron chi connectivity index (χ4n) is 5.13. The van der Waals surface area contributed by atoms with Crippen LogP contribution in [0.25, 0.3) is 0 Å². The van der Waals surface area contributed by atoms with Gasteiger partial charge in [-0.2, -0.15) is 0 Å². The van der Waals surface area contributed by atoms with Gasteiger partial charge in [-0.25, -0.2) is 0 Å². The van der Waals surface area contributed by atoms with E-state index < -0.39 is 5.97 Å². The molecule has 1 aromatic rings. The first-order chi connectivity index (χ1) is 9.64. The second kappa shape index (κ2) is 4.48. The van der Waals surface area contributed by atoms with Crippen LogP contribution in [0.15, 0.2) is 11.5 Å². The Morgan fingerprint density at radius 3 is 2.45 bits per heavy atom. The van der Waals surface area contributed by atoms with Crippen molar-refractivity contribution in [1.29, 1.82) is 0 Å². The number of thioether (sulfide) groups is 1. The van der Waals surface area contributed by atoms with Crippen LogP contribution < -0.4 is 0 Å². The van der Waals surface area contributed by atoms with E-state index in [1.807, 2.05) is 6.33 Å². The molecule has 4 aliphatic rings. The van der Waals surface area contributed by atoms with Crippen molar-refractivity contribution in [2.75, 3.05) is 5.75 Å². The lowest BCUT2D eigenvalue weighted by Gasteiger charge is -2.57. The van der Waals surface area contributed by atoms with E-state index in [4.69, 9.17) is 5.11 Å². The molecule has 0 aliphatic heterocycles. The number of aromatic nitrogens is 3. The molecule has 0 radical (unpaired) electrons. The summed E-state index contributed by atoms with van der Waals surface area (Å²) in [5.41, 5.74) is 0.180. The Morgan fingerprint density at radius 2 is 1.90 bits per heavy atom. The Bertz CT molecular complexity index is 507. The molecular weight excluding hydrogens is 274 g/mol. The van der Waals surface area contributed by atoms with Gasteiger partial charge < -0.3 is 9.67 Å². The van der Waals surface area contributed by atoms with Gasteiger partial charge in [0.25, 0.3) is 0 Å². The van der Waals surface area contributed by atoms with E-state index in [9.17, 15) is 4.79 Å². The molecule has 5 nitrogen and oxygen atoms in total. The lowest BCUT2D eigenvalue weighted by atomic mass is 9.53. The number of carboxylic acids is 1. The van der Waals surface area contributed by atoms with Crippen molar-refractivity contribution in [3.8, 4) is 0 Å². The molecule has 1 aromatic heterocycles. The van der Waals surface area contributed by atoms with Gasteiger partial charge in [-0.15, -0.1) is 10.2 Å². The number of hydrogen-bond acceptors (Lipinski definition) is 4. The van der Waals surface area contributed by atoms with E-state index >= 15 is 0 Å². The Kier molecular flexibility index (Phi) is 2.84. The lowest BCUT2D eigenvalue weighted by Crippen LogP contribution is -2.51. The highest BCUT2D eigenvalue weighted by Crippen LogP contribution is 2.59. The first-order valence-electron chi connectivity index (χ1n) is 7.40. The highest BCUT2D eigenvalue weighted by Gasteiger charge is 2.52. The van der Waals surface area contributed by atoms with Gasteiger partial charge in [0.1, 0.15) is 6.33 Å². The molecule has 6 heteroatoms. The first kappa shape index (κ1) is 12.7. The van der Waals surface area contributed by atoms with Gasteiger partial charge in [-0.1, -0.05) is 11.8 Å². The fourth-order valence-corrected chi connectivity index (χ4v) is 5.87. The summed E-state index contributed by atoms with van der Waals surface area (Å²) in [6.45, 7) is 0. The maximum Gasteiger partial charge on any atom is 0.313 e. The van der Waals surface area contributed by atoms with Crippen LogP contribution in [0.3, 0.4) is 0 Å². The molecule has 4 aliphatic carbocycles. The van der Waals surface area contributed by atoms with E-state index in [2.05, 4.69) is 14.8 Å². The second-order valence-corrected chi connectivity index (χ2v) is 7.75. The van der Waals surface area contributed by atoms with Crippen molar-refractivity contribution in [3.05, 3.63) is 6.33 Å². The molecule has 1 N–H and O–H groups in total. The third kappa shape index (κ3) is 1.96. The summed E-state index contributed by atoms with van der Waals surface area (Å²) in [7, 11) is 0. The summed E-state index contributed by atoms with van der Waals surface area (Å²) < 4.78 is 2.21. The molecule has 0 spiro atoms. The van der Waals surface area contributed by atoms with Gasteiger partial charge in [-0.3, -0.25) is 4.79 Å². The van der Waals surface area contributed by atoms with Crippen LogP contribution in [-0.2, 0) is 10.3 Å². The average Bonchev–Trinajstić information content (AvgIpc) is 2.83. The summed E-state index contributed by atoms with van der Waals surface area (Å²) in [5, 5.41) is 17.9. The number of carbonyl (C=O) groups is 1. The first-order valence-corrected chi connectivity index (χ1v) is 8.38. The van der Waals surface area contributed by atoms with E-state index in [0.717, 1.165) is 22.9 Å². The summed E-state index contributed by atoms with van der Waals surface area (Å²) in [4.78, 5) is 10.8. The molecule has 108 valence electrons. The van der Waals surface area contributed by atoms with Crippen LogP contribution in [0.2, 0.25) is 0 Å². The number of rotatable bonds is 4. The van der Waals surface area contributed by atoms with E-state index in [1.165, 1.54) is 50.3 Å². The largest absolute Gasteiger partial charge is 0.481 e. The molecule has 4 bridgehead atoms. The number of nitrogens with zero attached hydrogens (tertiary/aromatic N) is 3. The molecule has 4 saturated carbocycles. The fraction of sp³-hybridized carbons (Fsp3) is 0.786. The second-order valence-electron chi connectivity index (χ2n) is 6.81. The predicted molar refractivity (Wildman–Crippen MR) is 74.5 cm³/mol. The third-order valence-electron chi connectivity index (χ3n) is 5.36. The van der Waals surface area contributed by atoms with Crippen molar-refractivity contribution in [3.63, 3.8) is 0 Å². The summed E-state index contributed by atoms with van der Waals surface area (Å²) >= 11 is 1.30. The lowest BCUT2D eigenvalue weighted by molar-refractivity contribution is -0.133. The molecule has 0 aromatic carbocycles. The third-order valence-corrected chi connectivity index (χ3v) is 6.29. The van der Waals surface area contributed by atoms with Gasteiger partial charge in [0.2, 0.25) is 0 Å². The SMILES string of the molecule is O=C(O)CSc1nncn1C12CC3CC(CC(C3)C1)C2. The predicted octanol–water partition coefficient (Wildman–Crippen LogP) is 2.38. The van der Waals surface area contributed by atoms with Crippen LogP contribution >= 0.6 is 11.8 Å². The maximum atomic E-state index is 10.8. The van der Waals surface area contributed by atoms with Crippen LogP contribution in [0.5, 0.6) is 0 Å². The zero-order valence-electron chi connectivity index (χ0n) is 11.4. The number of carboxylic acid groups (broad SMARTS) is 1. The van der Waals surface area contributed by atoms with Crippen LogP contribution in [0.4, 0.5) is 0 Å². The topological polar surface area (TPSA) is 68.0 Å². The Morgan fingerprint density at radius 1 is 1.30 bits per heavy atom. The Hall–Kier alpha value is -1.04. The highest BCUT2D eigenvalue weighted by atomic mass is 32.2. The zero-order chi connectivity index (χ0) is 13.7. The van der Waals surface area contributed by atoms with E-state index in [1.54, 1.807) is 0 Å². The van der Waals surface area contributed by atoms with Gasteiger partial charge in [-0.05, 0) is 56.3 Å². The molecule has 0 atom stereocenters. The van der Waals surface area contributed by atoms with Gasteiger partial charge in [0.05, 0.1) is 5.75 Å². The van der Waals surface area contributed by atoms with Crippen molar-refractivity contribution >= 4 is 17.7 Å². The molecule has 0 amide bonds. The van der Waals surface area contributed by atoms with Crippen LogP contribution in [0, 0.1) is 17.8 Å². The summed E-state index contributed by atoms with van der Waals surface area (Å²) in [6.07, 6.45) is 9.74. The Balaban J connectivity index is 1.64. The number of aliphatic carboxylic acids is 1. The monoisotopic (exact) mass is 293 g/mol. The average molecular weight is 293 g/mol. The zero-order valence-corrected chi connectivity index (χ0v) is 12.2. The smallest absolute Gasteiger partial charge is 0.313 e. The molecule has 0 saturated heterocycles. The van der Waals surface area contributed by atoms with E-state index in [-0.39, 0.29) is 11.3 Å². The van der Waals surface area contributed by atoms with Gasteiger partial charge in [0.15, 0.2) is 5.16 Å². The summed E-state index contributed by atoms with van der Waals surface area (Å²) in [6, 6.07) is 0. The van der Waals surface area contributed by atoms with Gasteiger partial charge >= 0.3 is 5.97 Å². The minimum atomic E-state index is -0.796. The quantitative estimate of drug-likeness (QED) is 0.863. The molecule has 4 fully saturated rings. The summed E-state index contributed by atoms with van der Waals surface area (Å²) in [5.74, 6) is 1.85. The molecule has 5 rings (SSSR count). The standard InChI is InChI=1S/C14H19N3O2S/c18-12(19)7-20-13-16-15-8-17(13)14-4-9-1-10(5-14)3-11(2-9)6-14/h8-11H,1-7H2,(H,18,19). The van der Waals surface area contributed by atoms with Crippen molar-refractivity contribution in [2.45, 2.75) is 49.2 Å².